The maximum Gasteiger partial charge on any atom is 0.270 e. The number of hydroxylamine groups is 4. The van der Waals surface area contributed by atoms with Crippen LogP contribution in [0, 0.1) is 10.1 Å². The summed E-state index contributed by atoms with van der Waals surface area (Å²) in [5.74, 6) is -0.845. The molecule has 113 valence electrons. The third-order valence-electron chi connectivity index (χ3n) is 4.34. The van der Waals surface area contributed by atoms with Gasteiger partial charge < -0.3 is 0 Å². The fourth-order valence-corrected chi connectivity index (χ4v) is 2.15. The molecular formula is C13H16N3O5. The number of allylic oxidation sites excluding steroid dienone is 4. The number of nitrogens with zero attached hydrogens (tertiary/aromatic N) is 3. The van der Waals surface area contributed by atoms with E-state index in [1.807, 2.05) is 0 Å². The van der Waals surface area contributed by atoms with Crippen molar-refractivity contribution < 1.29 is 20.1 Å². The minimum absolute atomic E-state index is 0.194. The molecular weight excluding hydrogens is 278 g/mol. The van der Waals surface area contributed by atoms with Crippen molar-refractivity contribution in [2.24, 2.45) is 0 Å². The Labute approximate surface area is 121 Å². The van der Waals surface area contributed by atoms with Crippen molar-refractivity contribution >= 4 is 5.78 Å². The zero-order valence-corrected chi connectivity index (χ0v) is 12.2. The highest BCUT2D eigenvalue weighted by molar-refractivity contribution is 6.08. The second-order valence-corrected chi connectivity index (χ2v) is 5.99. The number of carbonyl (C=O) groups is 1. The number of rotatable bonds is 1. The van der Waals surface area contributed by atoms with Gasteiger partial charge in [-0.1, -0.05) is 5.21 Å². The molecule has 1 saturated heterocycles. The number of nitro groups is 1. The summed E-state index contributed by atoms with van der Waals surface area (Å²) in [7, 11) is 0. The predicted molar refractivity (Wildman–Crippen MR) is 70.6 cm³/mol. The Hall–Kier alpha value is -2.19. The zero-order valence-electron chi connectivity index (χ0n) is 12.2. The third kappa shape index (κ3) is 1.95. The van der Waals surface area contributed by atoms with Gasteiger partial charge in [-0.25, -0.2) is 5.06 Å². The molecule has 0 bridgehead atoms. The predicted octanol–water partition coefficient (Wildman–Crippen LogP) is 1.41. The van der Waals surface area contributed by atoms with Crippen LogP contribution in [-0.2, 0) is 10.0 Å². The van der Waals surface area contributed by atoms with Crippen molar-refractivity contribution in [1.82, 2.24) is 10.1 Å². The van der Waals surface area contributed by atoms with Gasteiger partial charge in [0.2, 0.25) is 0 Å². The van der Waals surface area contributed by atoms with Crippen LogP contribution in [0.15, 0.2) is 35.3 Å². The first-order chi connectivity index (χ1) is 9.51. The molecule has 0 unspecified atom stereocenters. The number of hydrogen-bond acceptors (Lipinski definition) is 6. The fourth-order valence-electron chi connectivity index (χ4n) is 2.15. The van der Waals surface area contributed by atoms with Crippen LogP contribution in [-0.4, -0.2) is 37.1 Å². The molecule has 0 spiro atoms. The van der Waals surface area contributed by atoms with Crippen LogP contribution in [0.3, 0.4) is 0 Å². The van der Waals surface area contributed by atoms with E-state index in [-0.39, 0.29) is 17.1 Å². The summed E-state index contributed by atoms with van der Waals surface area (Å²) in [5, 5.41) is 34.8. The lowest BCUT2D eigenvalue weighted by atomic mass is 9.84. The second-order valence-electron chi connectivity index (χ2n) is 5.99. The monoisotopic (exact) mass is 294 g/mol. The van der Waals surface area contributed by atoms with E-state index in [2.05, 4.69) is 0 Å². The first kappa shape index (κ1) is 15.2. The highest BCUT2D eigenvalue weighted by atomic mass is 16.6. The normalized spacial score (nSPS) is 27.1. The van der Waals surface area contributed by atoms with Crippen LogP contribution >= 0.6 is 0 Å². The number of hydrogen-bond donors (Lipinski definition) is 1. The van der Waals surface area contributed by atoms with Crippen LogP contribution in [0.1, 0.15) is 27.7 Å². The quantitative estimate of drug-likeness (QED) is 0.445. The van der Waals surface area contributed by atoms with Gasteiger partial charge in [0, 0.05) is 12.2 Å². The molecule has 2 aliphatic rings. The van der Waals surface area contributed by atoms with Crippen LogP contribution in [0.25, 0.3) is 0 Å². The minimum Gasteiger partial charge on any atom is -0.289 e. The van der Waals surface area contributed by atoms with Crippen molar-refractivity contribution in [2.45, 2.75) is 38.8 Å². The van der Waals surface area contributed by atoms with Crippen molar-refractivity contribution in [2.75, 3.05) is 0 Å². The Morgan fingerprint density at radius 1 is 1.19 bits per heavy atom. The van der Waals surface area contributed by atoms with Crippen molar-refractivity contribution in [3.05, 3.63) is 45.4 Å². The van der Waals surface area contributed by atoms with Gasteiger partial charge in [0.15, 0.2) is 11.6 Å². The minimum atomic E-state index is -1.02. The Morgan fingerprint density at radius 3 is 2.19 bits per heavy atom. The Morgan fingerprint density at radius 2 is 1.76 bits per heavy atom. The smallest absolute Gasteiger partial charge is 0.270 e. The number of ketones is 1. The van der Waals surface area contributed by atoms with Gasteiger partial charge in [-0.05, 0) is 33.8 Å². The molecule has 1 radical (unpaired) electrons. The van der Waals surface area contributed by atoms with Crippen molar-refractivity contribution in [3.8, 4) is 0 Å². The lowest BCUT2D eigenvalue weighted by Crippen LogP contribution is -2.52. The standard InChI is InChI=1S/C13H16N3O5/c1-12(2)13(3,4)15(19)11(14(12)18)9-7-8(16(20)21)5-6-10(9)17/h5-7,18H,1-4H3/b11-9+. The van der Waals surface area contributed by atoms with Crippen molar-refractivity contribution in [3.63, 3.8) is 0 Å². The summed E-state index contributed by atoms with van der Waals surface area (Å²) in [5.41, 5.74) is -2.50. The second kappa shape index (κ2) is 4.40. The summed E-state index contributed by atoms with van der Waals surface area (Å²) in [6.07, 6.45) is 3.08. The summed E-state index contributed by atoms with van der Waals surface area (Å²) in [6, 6.07) is 0. The molecule has 21 heavy (non-hydrogen) atoms. The topological polar surface area (TPSA) is 107 Å². The van der Waals surface area contributed by atoms with E-state index in [1.54, 1.807) is 27.7 Å². The number of carbonyl (C=O) groups excluding carboxylic acids is 1. The molecule has 0 amide bonds. The van der Waals surface area contributed by atoms with E-state index < -0.39 is 21.8 Å². The average Bonchev–Trinajstić information content (AvgIpc) is 2.50. The molecule has 0 saturated carbocycles. The van der Waals surface area contributed by atoms with Gasteiger partial charge in [-0.2, -0.15) is 5.06 Å². The van der Waals surface area contributed by atoms with Crippen LogP contribution in [0.2, 0.25) is 0 Å². The van der Waals surface area contributed by atoms with Gasteiger partial charge in [-0.3, -0.25) is 20.1 Å². The van der Waals surface area contributed by atoms with Crippen LogP contribution in [0.5, 0.6) is 0 Å². The molecule has 1 fully saturated rings. The highest BCUT2D eigenvalue weighted by Crippen LogP contribution is 2.44. The first-order valence-corrected chi connectivity index (χ1v) is 6.31. The molecule has 0 atom stereocenters. The average molecular weight is 294 g/mol. The summed E-state index contributed by atoms with van der Waals surface area (Å²) >= 11 is 0. The zero-order chi connectivity index (χ0) is 16.2. The molecule has 0 aromatic heterocycles. The van der Waals surface area contributed by atoms with Crippen molar-refractivity contribution in [1.29, 1.82) is 0 Å². The van der Waals surface area contributed by atoms with Crippen LogP contribution in [0.4, 0.5) is 0 Å². The Kier molecular flexibility index (Phi) is 3.19. The molecule has 1 aliphatic heterocycles. The van der Waals surface area contributed by atoms with Gasteiger partial charge in [0.25, 0.3) is 5.70 Å². The highest BCUT2D eigenvalue weighted by Gasteiger charge is 2.57. The molecule has 1 N–H and O–H groups in total. The van der Waals surface area contributed by atoms with E-state index >= 15 is 0 Å². The third-order valence-corrected chi connectivity index (χ3v) is 4.34. The maximum atomic E-state index is 12.5. The molecule has 0 aromatic carbocycles. The van der Waals surface area contributed by atoms with E-state index in [4.69, 9.17) is 0 Å². The fraction of sp³-hybridized carbons (Fsp3) is 0.462. The van der Waals surface area contributed by atoms with Gasteiger partial charge in [0.05, 0.1) is 21.6 Å². The Balaban J connectivity index is 2.66. The van der Waals surface area contributed by atoms with Gasteiger partial charge >= 0.3 is 0 Å². The molecule has 8 heteroatoms. The maximum absolute atomic E-state index is 12.5. The molecule has 8 nitrogen and oxygen atoms in total. The summed E-state index contributed by atoms with van der Waals surface area (Å²) in [6.45, 7) is 6.54. The van der Waals surface area contributed by atoms with E-state index in [1.165, 1.54) is 0 Å². The summed E-state index contributed by atoms with van der Waals surface area (Å²) in [4.78, 5) is 22.1. The van der Waals surface area contributed by atoms with Gasteiger partial charge in [-0.15, -0.1) is 0 Å². The van der Waals surface area contributed by atoms with Crippen LogP contribution < -0.4 is 0 Å². The molecule has 1 aliphatic carbocycles. The lowest BCUT2D eigenvalue weighted by Gasteiger charge is -2.36. The van der Waals surface area contributed by atoms with Gasteiger partial charge in [0.1, 0.15) is 0 Å². The summed E-state index contributed by atoms with van der Waals surface area (Å²) < 4.78 is 0. The SMILES string of the molecule is CC1(C)N([O])/C(=C2\C=C([N+](=O)[O-])C=CC2=O)N(O)C1(C)C. The van der Waals surface area contributed by atoms with E-state index in [9.17, 15) is 25.3 Å². The first-order valence-electron chi connectivity index (χ1n) is 6.31. The van der Waals surface area contributed by atoms with E-state index in [0.717, 1.165) is 18.2 Å². The Bertz CT molecular complexity index is 593. The van der Waals surface area contributed by atoms with E-state index in [0.29, 0.717) is 10.1 Å². The molecule has 2 rings (SSSR count). The lowest BCUT2D eigenvalue weighted by molar-refractivity contribution is -0.419. The molecule has 0 aromatic rings. The molecule has 1 heterocycles. The largest absolute Gasteiger partial charge is 0.289 e.